The highest BCUT2D eigenvalue weighted by Crippen LogP contribution is 2.32. The number of carboxylic acids is 1. The van der Waals surface area contributed by atoms with E-state index in [4.69, 9.17) is 0 Å². The zero-order valence-electron chi connectivity index (χ0n) is 15.6. The molecule has 1 aliphatic rings. The van der Waals surface area contributed by atoms with Crippen molar-refractivity contribution < 1.29 is 23.8 Å². The van der Waals surface area contributed by atoms with Gasteiger partial charge in [0.2, 0.25) is 0 Å². The molecule has 152 valence electrons. The summed E-state index contributed by atoms with van der Waals surface area (Å²) in [6.07, 6.45) is 4.90. The molecule has 2 N–H and O–H groups in total. The Bertz CT molecular complexity index is 942. The van der Waals surface area contributed by atoms with Gasteiger partial charge in [-0.3, -0.25) is 0 Å². The van der Waals surface area contributed by atoms with Crippen LogP contribution in [0.25, 0.3) is 0 Å². The maximum Gasteiger partial charge on any atom is 0.338 e. The number of thioether (sulfide) groups is 1. The normalized spacial score (nSPS) is 13.8. The molecule has 7 heteroatoms. The molecule has 0 aromatic heterocycles. The SMILES string of the molecule is O=C(O)C1=C(SCCCc2ccc(F)cc2)N(Cc2ccc(F)cc2O)CC=C1. The maximum atomic E-state index is 13.2. The van der Waals surface area contributed by atoms with Crippen molar-refractivity contribution in [2.24, 2.45) is 0 Å². The van der Waals surface area contributed by atoms with Gasteiger partial charge in [-0.15, -0.1) is 11.8 Å². The fourth-order valence-electron chi connectivity index (χ4n) is 3.06. The highest BCUT2D eigenvalue weighted by atomic mass is 32.2. The highest BCUT2D eigenvalue weighted by Gasteiger charge is 2.22. The largest absolute Gasteiger partial charge is 0.507 e. The summed E-state index contributed by atoms with van der Waals surface area (Å²) in [4.78, 5) is 13.5. The van der Waals surface area contributed by atoms with Crippen LogP contribution in [-0.4, -0.2) is 33.4 Å². The number of rotatable bonds is 8. The van der Waals surface area contributed by atoms with Crippen LogP contribution in [0.1, 0.15) is 17.5 Å². The van der Waals surface area contributed by atoms with Gasteiger partial charge in [0.15, 0.2) is 0 Å². The fraction of sp³-hybridized carbons (Fsp3) is 0.227. The number of aliphatic carboxylic acids is 1. The first kappa shape index (κ1) is 20.9. The van der Waals surface area contributed by atoms with E-state index in [0.29, 0.717) is 22.9 Å². The van der Waals surface area contributed by atoms with Crippen molar-refractivity contribution in [2.45, 2.75) is 19.4 Å². The lowest BCUT2D eigenvalue weighted by Crippen LogP contribution is -2.27. The van der Waals surface area contributed by atoms with Crippen LogP contribution in [0.4, 0.5) is 8.78 Å². The summed E-state index contributed by atoms with van der Waals surface area (Å²) in [5.41, 5.74) is 1.75. The van der Waals surface area contributed by atoms with E-state index in [2.05, 4.69) is 0 Å². The van der Waals surface area contributed by atoms with Gasteiger partial charge >= 0.3 is 5.97 Å². The second-order valence-corrected chi connectivity index (χ2v) is 7.74. The number of hydrogen-bond acceptors (Lipinski definition) is 4. The molecular weight excluding hydrogens is 396 g/mol. The third-order valence-electron chi connectivity index (χ3n) is 4.53. The molecule has 0 atom stereocenters. The summed E-state index contributed by atoms with van der Waals surface area (Å²) in [5.74, 6) is -1.29. The molecule has 0 bridgehead atoms. The number of carbonyl (C=O) groups is 1. The van der Waals surface area contributed by atoms with Gasteiger partial charge in [0.1, 0.15) is 17.4 Å². The highest BCUT2D eigenvalue weighted by molar-refractivity contribution is 8.03. The van der Waals surface area contributed by atoms with E-state index in [1.54, 1.807) is 24.3 Å². The quantitative estimate of drug-likeness (QED) is 0.610. The average Bonchev–Trinajstić information content (AvgIpc) is 2.69. The van der Waals surface area contributed by atoms with Crippen LogP contribution in [0.3, 0.4) is 0 Å². The summed E-state index contributed by atoms with van der Waals surface area (Å²) in [5, 5.41) is 20.2. The third kappa shape index (κ3) is 5.60. The molecule has 0 fully saturated rings. The molecular formula is C22H21F2NO3S. The Balaban J connectivity index is 1.68. The van der Waals surface area contributed by atoms with Gasteiger partial charge in [-0.1, -0.05) is 24.3 Å². The van der Waals surface area contributed by atoms with Gasteiger partial charge in [-0.2, -0.15) is 0 Å². The van der Waals surface area contributed by atoms with E-state index < -0.39 is 11.8 Å². The number of phenols is 1. The van der Waals surface area contributed by atoms with Crippen LogP contribution >= 0.6 is 11.8 Å². The van der Waals surface area contributed by atoms with E-state index in [1.807, 2.05) is 4.90 Å². The molecule has 0 saturated carbocycles. The number of hydrogen-bond donors (Lipinski definition) is 2. The van der Waals surface area contributed by atoms with Gasteiger partial charge in [0.25, 0.3) is 0 Å². The topological polar surface area (TPSA) is 60.8 Å². The summed E-state index contributed by atoms with van der Waals surface area (Å²) < 4.78 is 26.2. The zero-order valence-corrected chi connectivity index (χ0v) is 16.5. The molecule has 1 heterocycles. The van der Waals surface area contributed by atoms with Crippen LogP contribution < -0.4 is 0 Å². The lowest BCUT2D eigenvalue weighted by Gasteiger charge is -2.30. The third-order valence-corrected chi connectivity index (χ3v) is 5.77. The summed E-state index contributed by atoms with van der Waals surface area (Å²) in [6, 6.07) is 10.2. The van der Waals surface area contributed by atoms with Gasteiger partial charge in [0, 0.05) is 24.7 Å². The molecule has 0 amide bonds. The van der Waals surface area contributed by atoms with Crippen molar-refractivity contribution in [1.29, 1.82) is 0 Å². The standard InChI is InChI=1S/C22H21F2NO3S/c23-17-8-5-15(6-9-17)3-2-12-29-21-19(22(27)28)4-1-11-25(21)14-16-7-10-18(24)13-20(16)26/h1,4-10,13,26H,2-3,11-12,14H2,(H,27,28). The van der Waals surface area contributed by atoms with Gasteiger partial charge < -0.3 is 15.1 Å². The number of benzene rings is 2. The molecule has 0 spiro atoms. The molecule has 0 saturated heterocycles. The monoisotopic (exact) mass is 417 g/mol. The first-order valence-electron chi connectivity index (χ1n) is 9.17. The molecule has 4 nitrogen and oxygen atoms in total. The lowest BCUT2D eigenvalue weighted by atomic mass is 10.1. The first-order chi connectivity index (χ1) is 13.9. The van der Waals surface area contributed by atoms with Crippen molar-refractivity contribution in [3.63, 3.8) is 0 Å². The first-order valence-corrected chi connectivity index (χ1v) is 10.2. The second kappa shape index (κ2) is 9.60. The lowest BCUT2D eigenvalue weighted by molar-refractivity contribution is -0.132. The van der Waals surface area contributed by atoms with Gasteiger partial charge in [0.05, 0.1) is 10.6 Å². The number of phenolic OH excluding ortho intramolecular Hbond substituents is 1. The zero-order chi connectivity index (χ0) is 20.8. The average molecular weight is 417 g/mol. The summed E-state index contributed by atoms with van der Waals surface area (Å²) in [7, 11) is 0. The second-order valence-electron chi connectivity index (χ2n) is 6.66. The number of nitrogens with zero attached hydrogens (tertiary/aromatic N) is 1. The van der Waals surface area contributed by atoms with E-state index in [9.17, 15) is 23.8 Å². The Hall–Kier alpha value is -2.80. The van der Waals surface area contributed by atoms with Crippen LogP contribution in [0.2, 0.25) is 0 Å². The van der Waals surface area contributed by atoms with E-state index >= 15 is 0 Å². The minimum atomic E-state index is -1.02. The minimum absolute atomic E-state index is 0.155. The molecule has 1 aliphatic heterocycles. The Morgan fingerprint density at radius 2 is 1.83 bits per heavy atom. The number of carboxylic acid groups (broad SMARTS) is 1. The van der Waals surface area contributed by atoms with Crippen molar-refractivity contribution in [2.75, 3.05) is 12.3 Å². The number of aromatic hydroxyl groups is 1. The molecule has 0 unspecified atom stereocenters. The van der Waals surface area contributed by atoms with Crippen molar-refractivity contribution in [3.8, 4) is 5.75 Å². The Labute approximate surface area is 172 Å². The van der Waals surface area contributed by atoms with Crippen LogP contribution in [-0.2, 0) is 17.8 Å². The molecule has 2 aromatic rings. The van der Waals surface area contributed by atoms with Crippen molar-refractivity contribution >= 4 is 17.7 Å². The molecule has 2 aromatic carbocycles. The smallest absolute Gasteiger partial charge is 0.338 e. The Kier molecular flexibility index (Phi) is 6.93. The molecule has 29 heavy (non-hydrogen) atoms. The van der Waals surface area contributed by atoms with Crippen LogP contribution in [0.15, 0.2) is 65.2 Å². The van der Waals surface area contributed by atoms with Gasteiger partial charge in [-0.25, -0.2) is 13.6 Å². The molecule has 0 aliphatic carbocycles. The van der Waals surface area contributed by atoms with Crippen molar-refractivity contribution in [3.05, 3.63) is 88.0 Å². The van der Waals surface area contributed by atoms with Crippen molar-refractivity contribution in [1.82, 2.24) is 4.90 Å². The fourth-order valence-corrected chi connectivity index (χ4v) is 4.18. The van der Waals surface area contributed by atoms with E-state index in [-0.39, 0.29) is 23.7 Å². The number of aryl methyl sites for hydroxylation is 1. The van der Waals surface area contributed by atoms with Crippen LogP contribution in [0.5, 0.6) is 5.75 Å². The van der Waals surface area contributed by atoms with E-state index in [0.717, 1.165) is 24.5 Å². The van der Waals surface area contributed by atoms with E-state index in [1.165, 1.54) is 36.0 Å². The summed E-state index contributed by atoms with van der Waals surface area (Å²) >= 11 is 1.44. The van der Waals surface area contributed by atoms with Gasteiger partial charge in [-0.05, 0) is 48.4 Å². The maximum absolute atomic E-state index is 13.2. The summed E-state index contributed by atoms with van der Waals surface area (Å²) in [6.45, 7) is 0.765. The van der Waals surface area contributed by atoms with Crippen LogP contribution in [0, 0.1) is 11.6 Å². The number of halogens is 2. The predicted octanol–water partition coefficient (Wildman–Crippen LogP) is 4.70. The molecule has 3 rings (SSSR count). The predicted molar refractivity (Wildman–Crippen MR) is 109 cm³/mol. The Morgan fingerprint density at radius 3 is 2.52 bits per heavy atom. The minimum Gasteiger partial charge on any atom is -0.507 e. The molecule has 0 radical (unpaired) electrons. The Morgan fingerprint density at radius 1 is 1.10 bits per heavy atom.